The van der Waals surface area contributed by atoms with E-state index >= 15 is 0 Å². The monoisotopic (exact) mass is 285 g/mol. The van der Waals surface area contributed by atoms with E-state index < -0.39 is 6.09 Å². The largest absolute Gasteiger partial charge is 0.445 e. The van der Waals surface area contributed by atoms with Crippen LogP contribution in [0.1, 0.15) is 22.3 Å². The van der Waals surface area contributed by atoms with Crippen LogP contribution in [0.2, 0.25) is 0 Å². The second-order valence-corrected chi connectivity index (χ2v) is 4.83. The molecule has 0 bridgehead atoms. The maximum absolute atomic E-state index is 11.6. The molecule has 0 heterocycles. The van der Waals surface area contributed by atoms with E-state index in [4.69, 9.17) is 9.84 Å². The molecule has 4 heteroatoms. The molecule has 0 radical (unpaired) electrons. The second kappa shape index (κ2) is 7.45. The van der Waals surface area contributed by atoms with E-state index in [1.807, 2.05) is 55.5 Å². The summed E-state index contributed by atoms with van der Waals surface area (Å²) in [5, 5.41) is 11.8. The Morgan fingerprint density at radius 1 is 1.14 bits per heavy atom. The summed E-state index contributed by atoms with van der Waals surface area (Å²) in [5.74, 6) is 0. The fourth-order valence-electron chi connectivity index (χ4n) is 1.99. The van der Waals surface area contributed by atoms with Gasteiger partial charge in [-0.05, 0) is 29.2 Å². The number of hydrogen-bond donors (Lipinski definition) is 2. The fourth-order valence-corrected chi connectivity index (χ4v) is 1.99. The number of aliphatic hydroxyl groups is 1. The lowest BCUT2D eigenvalue weighted by Gasteiger charge is -2.09. The van der Waals surface area contributed by atoms with Crippen LogP contribution in [0.25, 0.3) is 0 Å². The van der Waals surface area contributed by atoms with Crippen LogP contribution >= 0.6 is 0 Å². The Labute approximate surface area is 124 Å². The number of aliphatic hydroxyl groups excluding tert-OH is 1. The molecule has 2 N–H and O–H groups in total. The lowest BCUT2D eigenvalue weighted by molar-refractivity contribution is 0.139. The molecule has 0 saturated carbocycles. The number of carbonyl (C=O) groups is 1. The summed E-state index contributed by atoms with van der Waals surface area (Å²) in [7, 11) is 0. The first-order valence-electron chi connectivity index (χ1n) is 6.83. The number of benzene rings is 2. The van der Waals surface area contributed by atoms with Gasteiger partial charge in [0.2, 0.25) is 0 Å². The number of hydrogen-bond acceptors (Lipinski definition) is 3. The zero-order valence-corrected chi connectivity index (χ0v) is 12.0. The lowest BCUT2D eigenvalue weighted by Crippen LogP contribution is -2.23. The van der Waals surface area contributed by atoms with E-state index in [-0.39, 0.29) is 13.2 Å². The van der Waals surface area contributed by atoms with E-state index in [1.165, 1.54) is 0 Å². The number of nitrogens with one attached hydrogen (secondary N) is 1. The van der Waals surface area contributed by atoms with Crippen molar-refractivity contribution in [3.63, 3.8) is 0 Å². The Kier molecular flexibility index (Phi) is 5.35. The van der Waals surface area contributed by atoms with Crippen molar-refractivity contribution in [1.29, 1.82) is 0 Å². The van der Waals surface area contributed by atoms with Gasteiger partial charge < -0.3 is 15.2 Å². The van der Waals surface area contributed by atoms with E-state index in [0.29, 0.717) is 6.54 Å². The Morgan fingerprint density at radius 3 is 2.57 bits per heavy atom. The first-order chi connectivity index (χ1) is 10.2. The predicted octanol–water partition coefficient (Wildman–Crippen LogP) is 2.91. The summed E-state index contributed by atoms with van der Waals surface area (Å²) in [6.07, 6.45) is -0.442. The molecule has 0 aromatic heterocycles. The molecule has 2 aromatic rings. The van der Waals surface area contributed by atoms with E-state index in [9.17, 15) is 4.79 Å². The summed E-state index contributed by atoms with van der Waals surface area (Å²) in [4.78, 5) is 11.6. The van der Waals surface area contributed by atoms with Gasteiger partial charge >= 0.3 is 6.09 Å². The highest BCUT2D eigenvalue weighted by Crippen LogP contribution is 2.11. The van der Waals surface area contributed by atoms with E-state index in [1.54, 1.807) is 0 Å². The predicted molar refractivity (Wildman–Crippen MR) is 80.6 cm³/mol. The van der Waals surface area contributed by atoms with Crippen LogP contribution in [0.3, 0.4) is 0 Å². The number of rotatable bonds is 5. The third-order valence-corrected chi connectivity index (χ3v) is 3.23. The fraction of sp³-hybridized carbons (Fsp3) is 0.235. The van der Waals surface area contributed by atoms with Gasteiger partial charge in [-0.3, -0.25) is 0 Å². The molecule has 0 aliphatic heterocycles. The van der Waals surface area contributed by atoms with Crippen molar-refractivity contribution in [1.82, 2.24) is 5.32 Å². The van der Waals surface area contributed by atoms with Gasteiger partial charge in [0.25, 0.3) is 0 Å². The number of ether oxygens (including phenoxy) is 1. The quantitative estimate of drug-likeness (QED) is 0.888. The topological polar surface area (TPSA) is 58.6 Å². The minimum atomic E-state index is -0.442. The van der Waals surface area contributed by atoms with Crippen LogP contribution in [-0.4, -0.2) is 11.2 Å². The van der Waals surface area contributed by atoms with Crippen LogP contribution in [0, 0.1) is 6.92 Å². The molecule has 2 aromatic carbocycles. The van der Waals surface area contributed by atoms with Gasteiger partial charge in [0, 0.05) is 6.54 Å². The van der Waals surface area contributed by atoms with Gasteiger partial charge in [0.05, 0.1) is 6.61 Å². The van der Waals surface area contributed by atoms with Crippen LogP contribution in [0.4, 0.5) is 4.79 Å². The van der Waals surface area contributed by atoms with Gasteiger partial charge in [-0.15, -0.1) is 0 Å². The number of aryl methyl sites for hydroxylation is 1. The van der Waals surface area contributed by atoms with Crippen molar-refractivity contribution in [3.05, 3.63) is 70.8 Å². The van der Waals surface area contributed by atoms with Crippen molar-refractivity contribution in [2.45, 2.75) is 26.7 Å². The van der Waals surface area contributed by atoms with Gasteiger partial charge in [-0.2, -0.15) is 0 Å². The van der Waals surface area contributed by atoms with Crippen molar-refractivity contribution in [2.75, 3.05) is 0 Å². The number of carbonyl (C=O) groups excluding carboxylic acids is 1. The second-order valence-electron chi connectivity index (χ2n) is 4.83. The minimum Gasteiger partial charge on any atom is -0.445 e. The van der Waals surface area contributed by atoms with Gasteiger partial charge in [-0.25, -0.2) is 4.79 Å². The van der Waals surface area contributed by atoms with Crippen LogP contribution in [0.15, 0.2) is 48.5 Å². The smallest absolute Gasteiger partial charge is 0.407 e. The molecule has 2 rings (SSSR count). The Hall–Kier alpha value is -2.33. The van der Waals surface area contributed by atoms with Crippen LogP contribution < -0.4 is 5.32 Å². The highest BCUT2D eigenvalue weighted by atomic mass is 16.5. The minimum absolute atomic E-state index is 0.0264. The Bertz CT molecular complexity index is 596. The highest BCUT2D eigenvalue weighted by molar-refractivity contribution is 5.67. The first-order valence-corrected chi connectivity index (χ1v) is 6.83. The zero-order valence-electron chi connectivity index (χ0n) is 12.0. The summed E-state index contributed by atoms with van der Waals surface area (Å²) in [5.41, 5.74) is 3.83. The third kappa shape index (κ3) is 4.61. The van der Waals surface area contributed by atoms with Crippen LogP contribution in [0.5, 0.6) is 0 Å². The Morgan fingerprint density at radius 2 is 1.90 bits per heavy atom. The molecule has 0 spiro atoms. The van der Waals surface area contributed by atoms with Crippen molar-refractivity contribution >= 4 is 6.09 Å². The summed E-state index contributed by atoms with van der Waals surface area (Å²) in [6, 6.07) is 15.2. The average Bonchev–Trinajstić information content (AvgIpc) is 2.52. The normalized spacial score (nSPS) is 10.2. The Balaban J connectivity index is 1.80. The number of amides is 1. The summed E-state index contributed by atoms with van der Waals surface area (Å²) >= 11 is 0. The SMILES string of the molecule is Cc1cc(CNC(=O)OCc2ccccc2)ccc1CO. The molecule has 0 unspecified atom stereocenters. The van der Waals surface area contributed by atoms with Gasteiger partial charge in [-0.1, -0.05) is 48.5 Å². The molecule has 0 saturated heterocycles. The average molecular weight is 285 g/mol. The van der Waals surface area contributed by atoms with Crippen LogP contribution in [-0.2, 0) is 24.5 Å². The molecule has 0 aliphatic carbocycles. The molecule has 1 amide bonds. The maximum Gasteiger partial charge on any atom is 0.407 e. The molecule has 4 nitrogen and oxygen atoms in total. The third-order valence-electron chi connectivity index (χ3n) is 3.23. The summed E-state index contributed by atoms with van der Waals surface area (Å²) in [6.45, 7) is 2.62. The molecular formula is C17H19NO3. The molecule has 21 heavy (non-hydrogen) atoms. The standard InChI is InChI=1S/C17H19NO3/c1-13-9-15(7-8-16(13)11-19)10-18-17(20)21-12-14-5-3-2-4-6-14/h2-9,19H,10-12H2,1H3,(H,18,20). The number of alkyl carbamates (subject to hydrolysis) is 1. The zero-order chi connectivity index (χ0) is 15.1. The van der Waals surface area contributed by atoms with Gasteiger partial charge in [0.1, 0.15) is 6.61 Å². The molecular weight excluding hydrogens is 266 g/mol. The van der Waals surface area contributed by atoms with E-state index in [0.717, 1.165) is 22.3 Å². The summed E-state index contributed by atoms with van der Waals surface area (Å²) < 4.78 is 5.13. The molecule has 110 valence electrons. The van der Waals surface area contributed by atoms with Crippen molar-refractivity contribution in [3.8, 4) is 0 Å². The maximum atomic E-state index is 11.6. The first kappa shape index (κ1) is 15.1. The lowest BCUT2D eigenvalue weighted by atomic mass is 10.1. The van der Waals surface area contributed by atoms with E-state index in [2.05, 4.69) is 5.32 Å². The van der Waals surface area contributed by atoms with Crippen molar-refractivity contribution in [2.24, 2.45) is 0 Å². The molecule has 0 fully saturated rings. The van der Waals surface area contributed by atoms with Crippen molar-refractivity contribution < 1.29 is 14.6 Å². The van der Waals surface area contributed by atoms with Gasteiger partial charge in [0.15, 0.2) is 0 Å². The molecule has 0 atom stereocenters. The highest BCUT2D eigenvalue weighted by Gasteiger charge is 2.04. The molecule has 0 aliphatic rings.